The highest BCUT2D eigenvalue weighted by molar-refractivity contribution is 6.00. The molecule has 0 fully saturated rings. The predicted molar refractivity (Wildman–Crippen MR) is 88.6 cm³/mol. The molecule has 1 aliphatic rings. The van der Waals surface area contributed by atoms with Gasteiger partial charge in [-0.3, -0.25) is 0 Å². The molecule has 3 nitrogen and oxygen atoms in total. The number of unbranched alkanes of at least 4 members (excludes halogenated alkanes) is 2. The first-order valence-electron chi connectivity index (χ1n) is 7.88. The second-order valence-corrected chi connectivity index (χ2v) is 5.80. The second-order valence-electron chi connectivity index (χ2n) is 5.80. The van der Waals surface area contributed by atoms with Gasteiger partial charge in [0.05, 0.1) is 11.2 Å². The molecule has 1 N–H and O–H groups in total. The number of aliphatic carboxylic acids is 1. The molecule has 0 aliphatic heterocycles. The maximum atomic E-state index is 11.5. The van der Waals surface area contributed by atoms with Crippen LogP contribution in [-0.4, -0.2) is 23.8 Å². The molecular formula is C19H24O3. The van der Waals surface area contributed by atoms with E-state index in [0.717, 1.165) is 36.8 Å². The van der Waals surface area contributed by atoms with Crippen molar-refractivity contribution >= 4 is 11.5 Å². The number of carboxylic acids is 1. The molecule has 118 valence electrons. The summed E-state index contributed by atoms with van der Waals surface area (Å²) in [5, 5.41) is 9.48. The fourth-order valence-electron chi connectivity index (χ4n) is 2.97. The SMILES string of the molecule is CCCCCC1(OC)C=CC(C(=O)O)=C(c2ccccc2)C1. The average Bonchev–Trinajstić information content (AvgIpc) is 2.55. The van der Waals surface area contributed by atoms with E-state index >= 15 is 0 Å². The van der Waals surface area contributed by atoms with Crippen LogP contribution in [0.25, 0.3) is 5.57 Å². The summed E-state index contributed by atoms with van der Waals surface area (Å²) in [6.07, 6.45) is 8.56. The van der Waals surface area contributed by atoms with E-state index in [4.69, 9.17) is 4.74 Å². The molecule has 22 heavy (non-hydrogen) atoms. The Morgan fingerprint density at radius 2 is 2.00 bits per heavy atom. The molecule has 0 spiro atoms. The maximum absolute atomic E-state index is 11.5. The fourth-order valence-corrected chi connectivity index (χ4v) is 2.97. The third-order valence-electron chi connectivity index (χ3n) is 4.32. The third kappa shape index (κ3) is 3.66. The quantitative estimate of drug-likeness (QED) is 0.757. The van der Waals surface area contributed by atoms with E-state index in [9.17, 15) is 9.90 Å². The van der Waals surface area contributed by atoms with Crippen LogP contribution < -0.4 is 0 Å². The molecule has 1 unspecified atom stereocenters. The Kier molecular flexibility index (Phi) is 5.56. The summed E-state index contributed by atoms with van der Waals surface area (Å²) in [7, 11) is 1.71. The van der Waals surface area contributed by atoms with Crippen molar-refractivity contribution < 1.29 is 14.6 Å². The molecule has 0 bridgehead atoms. The number of carboxylic acid groups (broad SMARTS) is 1. The van der Waals surface area contributed by atoms with Gasteiger partial charge in [0.25, 0.3) is 0 Å². The lowest BCUT2D eigenvalue weighted by atomic mass is 9.80. The largest absolute Gasteiger partial charge is 0.478 e. The van der Waals surface area contributed by atoms with Crippen molar-refractivity contribution in [1.82, 2.24) is 0 Å². The van der Waals surface area contributed by atoms with Crippen molar-refractivity contribution in [2.45, 2.75) is 44.6 Å². The molecule has 0 aromatic heterocycles. The summed E-state index contributed by atoms with van der Waals surface area (Å²) in [6, 6.07) is 9.74. The van der Waals surface area contributed by atoms with E-state index in [1.165, 1.54) is 0 Å². The van der Waals surface area contributed by atoms with E-state index in [1.54, 1.807) is 13.2 Å². The lowest BCUT2D eigenvalue weighted by molar-refractivity contribution is -0.132. The first-order valence-corrected chi connectivity index (χ1v) is 7.88. The van der Waals surface area contributed by atoms with Crippen LogP contribution in [0, 0.1) is 0 Å². The van der Waals surface area contributed by atoms with Gasteiger partial charge in [-0.15, -0.1) is 0 Å². The number of methoxy groups -OCH3 is 1. The monoisotopic (exact) mass is 300 g/mol. The van der Waals surface area contributed by atoms with Crippen LogP contribution in [0.4, 0.5) is 0 Å². The van der Waals surface area contributed by atoms with Crippen LogP contribution in [0.1, 0.15) is 44.6 Å². The Labute approximate surface area is 132 Å². The van der Waals surface area contributed by atoms with Crippen LogP contribution in [0.5, 0.6) is 0 Å². The van der Waals surface area contributed by atoms with Gasteiger partial charge in [-0.25, -0.2) is 4.79 Å². The summed E-state index contributed by atoms with van der Waals surface area (Å²) < 4.78 is 5.79. The summed E-state index contributed by atoms with van der Waals surface area (Å²) in [5.74, 6) is -0.881. The zero-order valence-corrected chi connectivity index (χ0v) is 13.3. The van der Waals surface area contributed by atoms with Crippen LogP contribution in [0.2, 0.25) is 0 Å². The molecular weight excluding hydrogens is 276 g/mol. The van der Waals surface area contributed by atoms with Crippen molar-refractivity contribution in [3.05, 3.63) is 53.6 Å². The molecule has 0 radical (unpaired) electrons. The molecule has 2 rings (SSSR count). The van der Waals surface area contributed by atoms with Crippen molar-refractivity contribution in [1.29, 1.82) is 0 Å². The summed E-state index contributed by atoms with van der Waals surface area (Å²) >= 11 is 0. The predicted octanol–water partition coefficient (Wildman–Crippen LogP) is 4.45. The highest BCUT2D eigenvalue weighted by Crippen LogP contribution is 2.38. The summed E-state index contributed by atoms with van der Waals surface area (Å²) in [4.78, 5) is 11.5. The number of ether oxygens (including phenoxy) is 1. The van der Waals surface area contributed by atoms with Gasteiger partial charge in [-0.05, 0) is 23.6 Å². The standard InChI is InChI=1S/C19H24O3/c1-3-4-8-12-19(22-2)13-11-16(18(20)21)17(14-19)15-9-6-5-7-10-15/h5-7,9-11,13H,3-4,8,12,14H2,1-2H3,(H,20,21). The first kappa shape index (κ1) is 16.5. The highest BCUT2D eigenvalue weighted by atomic mass is 16.5. The molecule has 3 heteroatoms. The Bertz CT molecular complexity index is 572. The molecule has 1 aromatic carbocycles. The lowest BCUT2D eigenvalue weighted by Gasteiger charge is -2.34. The minimum Gasteiger partial charge on any atom is -0.478 e. The van der Waals surface area contributed by atoms with Gasteiger partial charge < -0.3 is 9.84 Å². The Balaban J connectivity index is 2.33. The van der Waals surface area contributed by atoms with Gasteiger partial charge in [-0.2, -0.15) is 0 Å². The number of benzene rings is 1. The van der Waals surface area contributed by atoms with Gasteiger partial charge in [0, 0.05) is 13.5 Å². The maximum Gasteiger partial charge on any atom is 0.335 e. The van der Waals surface area contributed by atoms with Gasteiger partial charge >= 0.3 is 5.97 Å². The zero-order valence-electron chi connectivity index (χ0n) is 13.3. The number of hydrogen-bond acceptors (Lipinski definition) is 2. The fraction of sp³-hybridized carbons (Fsp3) is 0.421. The van der Waals surface area contributed by atoms with E-state index in [2.05, 4.69) is 6.92 Å². The molecule has 0 amide bonds. The molecule has 1 aromatic rings. The van der Waals surface area contributed by atoms with Crippen LogP contribution in [-0.2, 0) is 9.53 Å². The van der Waals surface area contributed by atoms with Crippen molar-refractivity contribution in [3.8, 4) is 0 Å². The zero-order chi connectivity index (χ0) is 16.0. The van der Waals surface area contributed by atoms with Crippen LogP contribution >= 0.6 is 0 Å². The van der Waals surface area contributed by atoms with E-state index in [0.29, 0.717) is 12.0 Å². The molecule has 1 atom stereocenters. The Morgan fingerprint density at radius 1 is 1.27 bits per heavy atom. The number of rotatable bonds is 7. The summed E-state index contributed by atoms with van der Waals surface area (Å²) in [6.45, 7) is 2.17. The average molecular weight is 300 g/mol. The van der Waals surface area contributed by atoms with Gasteiger partial charge in [0.1, 0.15) is 0 Å². The van der Waals surface area contributed by atoms with Crippen molar-refractivity contribution in [2.24, 2.45) is 0 Å². The lowest BCUT2D eigenvalue weighted by Crippen LogP contribution is -2.32. The third-order valence-corrected chi connectivity index (χ3v) is 4.32. The minimum absolute atomic E-state index is 0.370. The number of carbonyl (C=O) groups is 1. The van der Waals surface area contributed by atoms with E-state index in [1.807, 2.05) is 36.4 Å². The Morgan fingerprint density at radius 3 is 2.59 bits per heavy atom. The Hall–Kier alpha value is -1.87. The number of hydrogen-bond donors (Lipinski definition) is 1. The van der Waals surface area contributed by atoms with Gasteiger partial charge in [-0.1, -0.05) is 62.6 Å². The van der Waals surface area contributed by atoms with E-state index < -0.39 is 5.97 Å². The first-order chi connectivity index (χ1) is 10.6. The molecule has 0 heterocycles. The molecule has 0 saturated carbocycles. The topological polar surface area (TPSA) is 46.5 Å². The van der Waals surface area contributed by atoms with Gasteiger partial charge in [0.2, 0.25) is 0 Å². The van der Waals surface area contributed by atoms with E-state index in [-0.39, 0.29) is 5.60 Å². The molecule has 1 aliphatic carbocycles. The second kappa shape index (κ2) is 7.41. The van der Waals surface area contributed by atoms with Crippen LogP contribution in [0.3, 0.4) is 0 Å². The van der Waals surface area contributed by atoms with Crippen molar-refractivity contribution in [3.63, 3.8) is 0 Å². The molecule has 0 saturated heterocycles. The summed E-state index contributed by atoms with van der Waals surface area (Å²) in [5.41, 5.74) is 1.80. The normalized spacial score (nSPS) is 21.2. The van der Waals surface area contributed by atoms with Crippen LogP contribution in [0.15, 0.2) is 48.1 Å². The smallest absolute Gasteiger partial charge is 0.335 e. The highest BCUT2D eigenvalue weighted by Gasteiger charge is 2.33. The van der Waals surface area contributed by atoms with Crippen molar-refractivity contribution in [2.75, 3.05) is 7.11 Å². The minimum atomic E-state index is -0.881. The van der Waals surface area contributed by atoms with Gasteiger partial charge in [0.15, 0.2) is 0 Å².